The third-order valence-electron chi connectivity index (χ3n) is 2.20. The smallest absolute Gasteiger partial charge is 0.147 e. The zero-order chi connectivity index (χ0) is 12.4. The van der Waals surface area contributed by atoms with Gasteiger partial charge in [0.05, 0.1) is 11.2 Å². The molecule has 0 aliphatic carbocycles. The van der Waals surface area contributed by atoms with Crippen LogP contribution in [-0.2, 0) is 0 Å². The molecule has 0 fully saturated rings. The first-order chi connectivity index (χ1) is 8.06. The minimum absolute atomic E-state index is 0.537. The first kappa shape index (κ1) is 12.2. The average Bonchev–Trinajstić information content (AvgIpc) is 2.26. The second-order valence-corrected chi connectivity index (χ2v) is 4.87. The maximum absolute atomic E-state index is 5.84. The molecular formula is C12H10BrClN2O. The number of benzene rings is 1. The van der Waals surface area contributed by atoms with Gasteiger partial charge in [-0.15, -0.1) is 0 Å². The predicted octanol–water partition coefficient (Wildman–Crippen LogP) is 4.18. The summed E-state index contributed by atoms with van der Waals surface area (Å²) in [6, 6.07) is 5.38. The van der Waals surface area contributed by atoms with Crippen LogP contribution in [0.25, 0.3) is 0 Å². The van der Waals surface area contributed by atoms with Gasteiger partial charge in [0, 0.05) is 22.4 Å². The first-order valence-corrected chi connectivity index (χ1v) is 6.07. The number of nitrogens with two attached hydrogens (primary N) is 1. The number of anilines is 1. The third-order valence-corrected chi connectivity index (χ3v) is 3.10. The Morgan fingerprint density at radius 2 is 2.06 bits per heavy atom. The Morgan fingerprint density at radius 1 is 1.29 bits per heavy atom. The molecule has 1 heterocycles. The summed E-state index contributed by atoms with van der Waals surface area (Å²) < 4.78 is 6.49. The number of aryl methyl sites for hydroxylation is 1. The lowest BCUT2D eigenvalue weighted by Crippen LogP contribution is -1.92. The highest BCUT2D eigenvalue weighted by atomic mass is 79.9. The molecule has 17 heavy (non-hydrogen) atoms. The summed E-state index contributed by atoms with van der Waals surface area (Å²) in [5.74, 6) is 1.31. The van der Waals surface area contributed by atoms with E-state index in [1.54, 1.807) is 18.5 Å². The molecule has 0 radical (unpaired) electrons. The molecule has 3 nitrogen and oxygen atoms in total. The van der Waals surface area contributed by atoms with Crippen molar-refractivity contribution in [3.63, 3.8) is 0 Å². The summed E-state index contributed by atoms with van der Waals surface area (Å²) in [6.07, 6.45) is 3.16. The van der Waals surface area contributed by atoms with Gasteiger partial charge in [-0.25, -0.2) is 0 Å². The third kappa shape index (κ3) is 2.90. The summed E-state index contributed by atoms with van der Waals surface area (Å²) >= 11 is 9.20. The fourth-order valence-corrected chi connectivity index (χ4v) is 1.86. The molecule has 0 bridgehead atoms. The van der Waals surface area contributed by atoms with Crippen LogP contribution < -0.4 is 10.5 Å². The first-order valence-electron chi connectivity index (χ1n) is 4.90. The van der Waals surface area contributed by atoms with E-state index in [0.717, 1.165) is 15.8 Å². The van der Waals surface area contributed by atoms with E-state index in [2.05, 4.69) is 20.9 Å². The van der Waals surface area contributed by atoms with Crippen molar-refractivity contribution in [3.8, 4) is 11.5 Å². The number of hydrogen-bond acceptors (Lipinski definition) is 3. The zero-order valence-corrected chi connectivity index (χ0v) is 11.4. The van der Waals surface area contributed by atoms with E-state index in [1.807, 2.05) is 19.1 Å². The zero-order valence-electron chi connectivity index (χ0n) is 9.08. The van der Waals surface area contributed by atoms with Crippen molar-refractivity contribution in [3.05, 3.63) is 45.7 Å². The number of ether oxygens (including phenoxy) is 1. The largest absolute Gasteiger partial charge is 0.455 e. The van der Waals surface area contributed by atoms with E-state index >= 15 is 0 Å². The summed E-state index contributed by atoms with van der Waals surface area (Å²) in [7, 11) is 0. The lowest BCUT2D eigenvalue weighted by Gasteiger charge is -2.10. The Hall–Kier alpha value is -1.26. The van der Waals surface area contributed by atoms with Crippen LogP contribution in [0.5, 0.6) is 11.5 Å². The lowest BCUT2D eigenvalue weighted by molar-refractivity contribution is 0.476. The molecule has 0 aliphatic heterocycles. The minimum Gasteiger partial charge on any atom is -0.455 e. The molecule has 5 heteroatoms. The summed E-state index contributed by atoms with van der Waals surface area (Å²) in [5, 5.41) is 0.537. The maximum atomic E-state index is 5.84. The lowest BCUT2D eigenvalue weighted by atomic mass is 10.2. The van der Waals surface area contributed by atoms with Crippen LogP contribution in [-0.4, -0.2) is 4.98 Å². The molecule has 0 saturated heterocycles. The molecule has 0 amide bonds. The SMILES string of the molecule is Cc1cc(N)c(Br)cc1Oc1cncc(Cl)c1. The Kier molecular flexibility index (Phi) is 3.54. The van der Waals surface area contributed by atoms with Crippen molar-refractivity contribution in [1.29, 1.82) is 0 Å². The second kappa shape index (κ2) is 4.94. The van der Waals surface area contributed by atoms with Gasteiger partial charge in [0.25, 0.3) is 0 Å². The molecular weight excluding hydrogens is 304 g/mol. The summed E-state index contributed by atoms with van der Waals surface area (Å²) in [4.78, 5) is 3.96. The van der Waals surface area contributed by atoms with Gasteiger partial charge < -0.3 is 10.5 Å². The van der Waals surface area contributed by atoms with Crippen molar-refractivity contribution >= 4 is 33.2 Å². The molecule has 0 spiro atoms. The molecule has 2 N–H and O–H groups in total. The van der Waals surface area contributed by atoms with Gasteiger partial charge in [0.1, 0.15) is 11.5 Å². The Labute approximate surface area is 113 Å². The minimum atomic E-state index is 0.537. The van der Waals surface area contributed by atoms with Crippen LogP contribution in [0.4, 0.5) is 5.69 Å². The molecule has 2 aromatic rings. The number of pyridine rings is 1. The standard InChI is InChI=1S/C12H10BrClN2O/c1-7-2-11(15)10(13)4-12(7)17-9-3-8(14)5-16-6-9/h2-6H,15H2,1H3. The van der Waals surface area contributed by atoms with Gasteiger partial charge in [-0.2, -0.15) is 0 Å². The number of aromatic nitrogens is 1. The van der Waals surface area contributed by atoms with Gasteiger partial charge in [0.2, 0.25) is 0 Å². The van der Waals surface area contributed by atoms with Crippen LogP contribution in [0, 0.1) is 6.92 Å². The molecule has 0 atom stereocenters. The molecule has 88 valence electrons. The van der Waals surface area contributed by atoms with Crippen molar-refractivity contribution in [2.75, 3.05) is 5.73 Å². The molecule has 2 rings (SSSR count). The van der Waals surface area contributed by atoms with Crippen molar-refractivity contribution < 1.29 is 4.74 Å². The number of rotatable bonds is 2. The highest BCUT2D eigenvalue weighted by Gasteiger charge is 2.06. The van der Waals surface area contributed by atoms with E-state index in [-0.39, 0.29) is 0 Å². The fraction of sp³-hybridized carbons (Fsp3) is 0.0833. The van der Waals surface area contributed by atoms with E-state index in [9.17, 15) is 0 Å². The van der Waals surface area contributed by atoms with Crippen molar-refractivity contribution in [2.45, 2.75) is 6.92 Å². The quantitative estimate of drug-likeness (QED) is 0.846. The number of nitrogens with zero attached hydrogens (tertiary/aromatic N) is 1. The van der Waals surface area contributed by atoms with E-state index in [0.29, 0.717) is 16.5 Å². The van der Waals surface area contributed by atoms with Crippen molar-refractivity contribution in [1.82, 2.24) is 4.98 Å². The van der Waals surface area contributed by atoms with Gasteiger partial charge in [0.15, 0.2) is 0 Å². The predicted molar refractivity (Wildman–Crippen MR) is 72.6 cm³/mol. The van der Waals surface area contributed by atoms with Crippen molar-refractivity contribution in [2.24, 2.45) is 0 Å². The van der Waals surface area contributed by atoms with Crippen LogP contribution in [0.1, 0.15) is 5.56 Å². The van der Waals surface area contributed by atoms with Crippen LogP contribution >= 0.6 is 27.5 Å². The molecule has 0 aliphatic rings. The molecule has 1 aromatic carbocycles. The van der Waals surface area contributed by atoms with E-state index in [1.165, 1.54) is 0 Å². The number of halogens is 2. The monoisotopic (exact) mass is 312 g/mol. The average molecular weight is 314 g/mol. The fourth-order valence-electron chi connectivity index (χ4n) is 1.37. The maximum Gasteiger partial charge on any atom is 0.147 e. The Balaban J connectivity index is 2.33. The van der Waals surface area contributed by atoms with Crippen LogP contribution in [0.2, 0.25) is 5.02 Å². The summed E-state index contributed by atoms with van der Waals surface area (Å²) in [6.45, 7) is 1.93. The number of nitrogen functional groups attached to an aromatic ring is 1. The van der Waals surface area contributed by atoms with Crippen LogP contribution in [0.3, 0.4) is 0 Å². The van der Waals surface area contributed by atoms with Gasteiger partial charge in [-0.1, -0.05) is 11.6 Å². The highest BCUT2D eigenvalue weighted by molar-refractivity contribution is 9.10. The normalized spacial score (nSPS) is 10.3. The molecule has 0 saturated carbocycles. The summed E-state index contributed by atoms with van der Waals surface area (Å²) in [5.41, 5.74) is 7.40. The molecule has 0 unspecified atom stereocenters. The van der Waals surface area contributed by atoms with E-state index < -0.39 is 0 Å². The topological polar surface area (TPSA) is 48.1 Å². The Morgan fingerprint density at radius 3 is 2.76 bits per heavy atom. The van der Waals surface area contributed by atoms with Gasteiger partial charge in [-0.3, -0.25) is 4.98 Å². The van der Waals surface area contributed by atoms with Gasteiger partial charge >= 0.3 is 0 Å². The Bertz CT molecular complexity index is 560. The number of hydrogen-bond donors (Lipinski definition) is 1. The van der Waals surface area contributed by atoms with E-state index in [4.69, 9.17) is 22.1 Å². The van der Waals surface area contributed by atoms with Crippen LogP contribution in [0.15, 0.2) is 35.1 Å². The highest BCUT2D eigenvalue weighted by Crippen LogP contribution is 2.32. The van der Waals surface area contributed by atoms with Gasteiger partial charge in [-0.05, 0) is 40.5 Å². The molecule has 1 aromatic heterocycles. The second-order valence-electron chi connectivity index (χ2n) is 3.58.